The summed E-state index contributed by atoms with van der Waals surface area (Å²) in [5.41, 5.74) is 7.40. The summed E-state index contributed by atoms with van der Waals surface area (Å²) in [4.78, 5) is 29.6. The maximum atomic E-state index is 12.7. The molecule has 33 heavy (non-hydrogen) atoms. The first-order valence-corrected chi connectivity index (χ1v) is 11.8. The second kappa shape index (κ2) is 10.0. The highest BCUT2D eigenvalue weighted by atomic mass is 32.2. The van der Waals surface area contributed by atoms with E-state index >= 15 is 0 Å². The van der Waals surface area contributed by atoms with E-state index in [0.29, 0.717) is 17.1 Å². The molecule has 0 aliphatic rings. The van der Waals surface area contributed by atoms with Crippen molar-refractivity contribution in [2.24, 2.45) is 0 Å². The van der Waals surface area contributed by atoms with Crippen LogP contribution in [0.5, 0.6) is 0 Å². The number of benzene rings is 3. The molecule has 1 heterocycles. The average Bonchev–Trinajstić information content (AvgIpc) is 3.29. The molecule has 8 nitrogen and oxygen atoms in total. The van der Waals surface area contributed by atoms with Gasteiger partial charge in [0.25, 0.3) is 5.91 Å². The Morgan fingerprint density at radius 2 is 1.55 bits per heavy atom. The van der Waals surface area contributed by atoms with E-state index in [-0.39, 0.29) is 5.82 Å². The van der Waals surface area contributed by atoms with Crippen LogP contribution >= 0.6 is 0 Å². The van der Waals surface area contributed by atoms with Gasteiger partial charge in [-0.05, 0) is 29.8 Å². The summed E-state index contributed by atoms with van der Waals surface area (Å²) in [6.45, 7) is 0. The Hall–Kier alpha value is -4.11. The first-order chi connectivity index (χ1) is 16.0. The molecule has 1 unspecified atom stereocenters. The van der Waals surface area contributed by atoms with Gasteiger partial charge in [0.1, 0.15) is 0 Å². The quantitative estimate of drug-likeness (QED) is 0.431. The fraction of sp³-hybridized carbons (Fsp3) is 0.0833. The van der Waals surface area contributed by atoms with Gasteiger partial charge in [0.15, 0.2) is 5.82 Å². The molecule has 0 saturated heterocycles. The summed E-state index contributed by atoms with van der Waals surface area (Å²) in [6, 6.07) is 25.5. The number of rotatable bonds is 6. The lowest BCUT2D eigenvalue weighted by Crippen LogP contribution is -2.42. The van der Waals surface area contributed by atoms with Gasteiger partial charge in [-0.3, -0.25) is 24.6 Å². The largest absolute Gasteiger partial charge is 0.309 e. The number of para-hydroxylation sites is 1. The lowest BCUT2D eigenvalue weighted by Gasteiger charge is -2.07. The van der Waals surface area contributed by atoms with Crippen molar-refractivity contribution in [3.63, 3.8) is 0 Å². The minimum atomic E-state index is -1.03. The predicted molar refractivity (Wildman–Crippen MR) is 126 cm³/mol. The second-order valence-corrected chi connectivity index (χ2v) is 8.63. The van der Waals surface area contributed by atoms with Crippen molar-refractivity contribution in [1.29, 1.82) is 0 Å². The van der Waals surface area contributed by atoms with E-state index in [0.717, 1.165) is 16.8 Å². The smallest absolute Gasteiger partial charge is 0.267 e. The zero-order chi connectivity index (χ0) is 23.2. The summed E-state index contributed by atoms with van der Waals surface area (Å²) in [6.07, 6.45) is 1.60. The first kappa shape index (κ1) is 22.1. The highest BCUT2D eigenvalue weighted by Crippen LogP contribution is 2.20. The fourth-order valence-electron chi connectivity index (χ4n) is 3.21. The highest BCUT2D eigenvalue weighted by molar-refractivity contribution is 7.83. The summed E-state index contributed by atoms with van der Waals surface area (Å²) in [5, 5.41) is 4.36. The molecule has 4 rings (SSSR count). The molecule has 1 aromatic heterocycles. The van der Waals surface area contributed by atoms with E-state index in [1.54, 1.807) is 35.2 Å². The standard InChI is InChI=1S/C24H21N5O3S/c1-33(32)16-17-9-8-12-19(15-17)23(30)26-27-24(31)21-25-22(18-10-4-2-5-11-18)29(28-21)20-13-6-3-7-14-20/h2-15H,16H2,1H3,(H,26,30)(H,27,31). The Morgan fingerprint density at radius 1 is 0.879 bits per heavy atom. The van der Waals surface area contributed by atoms with E-state index in [4.69, 9.17) is 0 Å². The third-order valence-corrected chi connectivity index (χ3v) is 5.43. The molecule has 0 saturated carbocycles. The van der Waals surface area contributed by atoms with Gasteiger partial charge in [0.05, 0.1) is 5.69 Å². The van der Waals surface area contributed by atoms with Crippen LogP contribution in [0.25, 0.3) is 17.1 Å². The number of nitrogens with zero attached hydrogens (tertiary/aromatic N) is 3. The molecule has 9 heteroatoms. The molecular weight excluding hydrogens is 438 g/mol. The third-order valence-electron chi connectivity index (χ3n) is 4.69. The third kappa shape index (κ3) is 5.39. The average molecular weight is 460 g/mol. The van der Waals surface area contributed by atoms with Gasteiger partial charge >= 0.3 is 5.91 Å². The molecule has 0 radical (unpaired) electrons. The van der Waals surface area contributed by atoms with Crippen LogP contribution in [0.3, 0.4) is 0 Å². The van der Waals surface area contributed by atoms with Gasteiger partial charge in [0.2, 0.25) is 5.82 Å². The number of amides is 2. The van der Waals surface area contributed by atoms with Crippen LogP contribution < -0.4 is 10.9 Å². The number of carbonyl (C=O) groups is 2. The second-order valence-electron chi connectivity index (χ2n) is 7.20. The van der Waals surface area contributed by atoms with E-state index in [9.17, 15) is 13.8 Å². The summed E-state index contributed by atoms with van der Waals surface area (Å²) < 4.78 is 13.0. The molecule has 4 aromatic rings. The van der Waals surface area contributed by atoms with Crippen LogP contribution in [0, 0.1) is 0 Å². The van der Waals surface area contributed by atoms with Crippen molar-refractivity contribution in [2.75, 3.05) is 6.26 Å². The molecule has 2 N–H and O–H groups in total. The van der Waals surface area contributed by atoms with Crippen LogP contribution in [0.2, 0.25) is 0 Å². The van der Waals surface area contributed by atoms with Crippen molar-refractivity contribution >= 4 is 22.6 Å². The Balaban J connectivity index is 1.54. The number of hydrogen-bond acceptors (Lipinski definition) is 5. The van der Waals surface area contributed by atoms with Gasteiger partial charge in [-0.2, -0.15) is 0 Å². The van der Waals surface area contributed by atoms with Gasteiger partial charge in [-0.25, -0.2) is 9.67 Å². The Bertz CT molecular complexity index is 1250. The molecule has 0 spiro atoms. The normalized spacial score (nSPS) is 11.5. The number of aromatic nitrogens is 3. The molecular formula is C24H21N5O3S. The predicted octanol–water partition coefficient (Wildman–Crippen LogP) is 2.89. The van der Waals surface area contributed by atoms with E-state index in [1.165, 1.54) is 0 Å². The van der Waals surface area contributed by atoms with Gasteiger partial charge in [0, 0.05) is 33.9 Å². The Labute approximate surface area is 193 Å². The van der Waals surface area contributed by atoms with Gasteiger partial charge < -0.3 is 0 Å². The minimum Gasteiger partial charge on any atom is -0.267 e. The van der Waals surface area contributed by atoms with Crippen LogP contribution in [0.15, 0.2) is 84.9 Å². The van der Waals surface area contributed by atoms with Crippen LogP contribution in [-0.2, 0) is 16.6 Å². The molecule has 1 atom stereocenters. The molecule has 166 valence electrons. The molecule has 0 aliphatic heterocycles. The molecule has 3 aromatic carbocycles. The fourth-order valence-corrected chi connectivity index (χ4v) is 3.86. The van der Waals surface area contributed by atoms with Crippen LogP contribution in [0.4, 0.5) is 0 Å². The van der Waals surface area contributed by atoms with E-state index < -0.39 is 22.6 Å². The molecule has 0 fully saturated rings. The van der Waals surface area contributed by atoms with Crippen molar-refractivity contribution in [2.45, 2.75) is 5.75 Å². The van der Waals surface area contributed by atoms with Gasteiger partial charge in [-0.15, -0.1) is 5.10 Å². The van der Waals surface area contributed by atoms with Crippen molar-refractivity contribution in [3.8, 4) is 17.1 Å². The number of hydrogen-bond donors (Lipinski definition) is 2. The zero-order valence-corrected chi connectivity index (χ0v) is 18.6. The van der Waals surface area contributed by atoms with Crippen molar-refractivity contribution < 1.29 is 13.8 Å². The first-order valence-electron chi connectivity index (χ1n) is 10.1. The molecule has 0 aliphatic carbocycles. The maximum absolute atomic E-state index is 12.7. The summed E-state index contributed by atoms with van der Waals surface area (Å²) in [7, 11) is -1.03. The number of hydrazine groups is 1. The zero-order valence-electron chi connectivity index (χ0n) is 17.8. The van der Waals surface area contributed by atoms with Gasteiger partial charge in [-0.1, -0.05) is 60.7 Å². The topological polar surface area (TPSA) is 106 Å². The minimum absolute atomic E-state index is 0.0897. The summed E-state index contributed by atoms with van der Waals surface area (Å²) >= 11 is 0. The van der Waals surface area contributed by atoms with Crippen LogP contribution in [-0.4, -0.2) is 37.0 Å². The maximum Gasteiger partial charge on any atom is 0.309 e. The molecule has 2 amide bonds. The highest BCUT2D eigenvalue weighted by Gasteiger charge is 2.19. The lowest BCUT2D eigenvalue weighted by molar-refractivity contribution is 0.0841. The lowest BCUT2D eigenvalue weighted by atomic mass is 10.1. The number of carbonyl (C=O) groups excluding carboxylic acids is 2. The van der Waals surface area contributed by atoms with Crippen molar-refractivity contribution in [3.05, 3.63) is 102 Å². The SMILES string of the molecule is CS(=O)Cc1cccc(C(=O)NNC(=O)c2nc(-c3ccccc3)n(-c3ccccc3)n2)c1. The Kier molecular flexibility index (Phi) is 6.70. The van der Waals surface area contributed by atoms with E-state index in [1.807, 2.05) is 60.7 Å². The van der Waals surface area contributed by atoms with Crippen LogP contribution in [0.1, 0.15) is 26.5 Å². The van der Waals surface area contributed by atoms with Crippen molar-refractivity contribution in [1.82, 2.24) is 25.6 Å². The summed E-state index contributed by atoms with van der Waals surface area (Å²) in [5.74, 6) is -0.401. The Morgan fingerprint density at radius 3 is 2.24 bits per heavy atom. The van der Waals surface area contributed by atoms with E-state index in [2.05, 4.69) is 20.9 Å². The number of nitrogens with one attached hydrogen (secondary N) is 2. The molecule has 0 bridgehead atoms. The monoisotopic (exact) mass is 459 g/mol.